The number of carbonyl (C=O) groups excluding carboxylic acids is 2. The number of hydrogen-bond acceptors (Lipinski definition) is 8. The second-order valence-corrected chi connectivity index (χ2v) is 11.4. The van der Waals surface area contributed by atoms with Crippen LogP contribution in [0.4, 0.5) is 10.5 Å². The van der Waals surface area contributed by atoms with Crippen molar-refractivity contribution in [2.45, 2.75) is 55.9 Å². The van der Waals surface area contributed by atoms with E-state index in [-0.39, 0.29) is 19.2 Å². The summed E-state index contributed by atoms with van der Waals surface area (Å²) in [6.45, 7) is 5.20. The Morgan fingerprint density at radius 2 is 2.08 bits per heavy atom. The van der Waals surface area contributed by atoms with Gasteiger partial charge in [0.1, 0.15) is 24.1 Å². The van der Waals surface area contributed by atoms with Crippen LogP contribution in [0.3, 0.4) is 0 Å². The summed E-state index contributed by atoms with van der Waals surface area (Å²) in [6, 6.07) is 5.64. The standard InChI is InChI=1S/C27H36BrN3O6/c1-5-25-9-6-12-31-13-10-26(21(25)31)19-8-7-18(35-4)15-20(19)30(3)22(26)27(34,23(25)37-17(2)32)16-29-24(33)36-14-11-28/h6-9,15,21-23,34H,5,10-14,16H2,1-4H3,(H,29,33)/t21-,22+,23+,25+,26+,27?/m0/s1. The highest BCUT2D eigenvalue weighted by atomic mass is 79.9. The topological polar surface area (TPSA) is 101 Å². The Hall–Kier alpha value is -2.30. The summed E-state index contributed by atoms with van der Waals surface area (Å²) in [5.74, 6) is 0.270. The van der Waals surface area contributed by atoms with Crippen molar-refractivity contribution in [1.29, 1.82) is 0 Å². The van der Waals surface area contributed by atoms with Crippen LogP contribution in [0.2, 0.25) is 0 Å². The minimum atomic E-state index is -1.62. The van der Waals surface area contributed by atoms with Gasteiger partial charge in [-0.15, -0.1) is 0 Å². The van der Waals surface area contributed by atoms with Gasteiger partial charge >= 0.3 is 12.1 Å². The van der Waals surface area contributed by atoms with E-state index < -0.39 is 40.6 Å². The number of hydrogen-bond donors (Lipinski definition) is 2. The summed E-state index contributed by atoms with van der Waals surface area (Å²) in [6.07, 6.45) is 4.25. The van der Waals surface area contributed by atoms with E-state index in [4.69, 9.17) is 14.2 Å². The van der Waals surface area contributed by atoms with Crippen LogP contribution in [-0.4, -0.2) is 91.6 Å². The number of ether oxygens (including phenoxy) is 3. The number of methoxy groups -OCH3 is 1. The van der Waals surface area contributed by atoms with E-state index in [9.17, 15) is 14.7 Å². The number of alkyl carbamates (subject to hydrolysis) is 1. The zero-order valence-electron chi connectivity index (χ0n) is 21.8. The van der Waals surface area contributed by atoms with E-state index in [1.54, 1.807) is 7.11 Å². The zero-order chi connectivity index (χ0) is 26.6. The predicted molar refractivity (Wildman–Crippen MR) is 142 cm³/mol. The van der Waals surface area contributed by atoms with E-state index in [0.717, 1.165) is 36.5 Å². The monoisotopic (exact) mass is 577 g/mol. The molecule has 2 fully saturated rings. The van der Waals surface area contributed by atoms with Crippen molar-refractivity contribution in [3.63, 3.8) is 0 Å². The Bertz CT molecular complexity index is 1120. The molecule has 2 N–H and O–H groups in total. The quantitative estimate of drug-likeness (QED) is 0.290. The van der Waals surface area contributed by atoms with E-state index in [1.165, 1.54) is 6.92 Å². The number of esters is 1. The van der Waals surface area contributed by atoms with Gasteiger partial charge in [0.05, 0.1) is 19.7 Å². The molecular weight excluding hydrogens is 542 g/mol. The number of nitrogens with one attached hydrogen (secondary N) is 1. The number of fused-ring (bicyclic) bond motifs is 1. The molecule has 3 aliphatic heterocycles. The lowest BCUT2D eigenvalue weighted by Crippen LogP contribution is -2.81. The van der Waals surface area contributed by atoms with Crippen LogP contribution < -0.4 is 15.0 Å². The molecule has 37 heavy (non-hydrogen) atoms. The molecule has 1 saturated heterocycles. The highest BCUT2D eigenvalue weighted by Crippen LogP contribution is 2.67. The van der Waals surface area contributed by atoms with Gasteiger partial charge in [-0.2, -0.15) is 0 Å². The Kier molecular flexibility index (Phi) is 6.73. The molecule has 10 heteroatoms. The lowest BCUT2D eigenvalue weighted by atomic mass is 9.47. The number of benzene rings is 1. The van der Waals surface area contributed by atoms with Gasteiger partial charge in [0, 0.05) is 54.5 Å². The largest absolute Gasteiger partial charge is 0.497 e. The number of likely N-dealkylation sites (N-methyl/N-ethyl adjacent to an activating group) is 1. The number of amides is 1. The SMILES string of the molecule is CC[C@]12C=CCN3CC[C@@]4(c5ccc(OC)cc5N(C)[C@H]4C(O)(CNC(=O)OCCBr)[C@@H]1OC(C)=O)[C@@H]32. The Morgan fingerprint density at radius 3 is 2.76 bits per heavy atom. The average Bonchev–Trinajstić information content (AvgIpc) is 3.40. The molecule has 0 radical (unpaired) electrons. The van der Waals surface area contributed by atoms with Crippen molar-refractivity contribution < 1.29 is 28.9 Å². The maximum Gasteiger partial charge on any atom is 0.407 e. The van der Waals surface area contributed by atoms with Crippen molar-refractivity contribution in [2.75, 3.05) is 50.6 Å². The van der Waals surface area contributed by atoms with Crippen molar-refractivity contribution >= 4 is 33.7 Å². The third-order valence-electron chi connectivity index (χ3n) is 9.04. The number of aliphatic hydroxyl groups is 1. The van der Waals surface area contributed by atoms with Crippen LogP contribution in [-0.2, 0) is 19.7 Å². The molecule has 1 aromatic rings. The Morgan fingerprint density at radius 1 is 1.30 bits per heavy atom. The van der Waals surface area contributed by atoms with Crippen LogP contribution >= 0.6 is 15.9 Å². The van der Waals surface area contributed by atoms with Crippen LogP contribution in [0.1, 0.15) is 32.3 Å². The van der Waals surface area contributed by atoms with Gasteiger partial charge in [-0.05, 0) is 31.0 Å². The molecular formula is C27H36BrN3O6. The maximum atomic E-state index is 12.9. The fourth-order valence-corrected chi connectivity index (χ4v) is 8.20. The molecule has 0 bridgehead atoms. The minimum Gasteiger partial charge on any atom is -0.497 e. The lowest BCUT2D eigenvalue weighted by Gasteiger charge is -2.64. The highest BCUT2D eigenvalue weighted by Gasteiger charge is 2.77. The number of halogens is 1. The first-order valence-electron chi connectivity index (χ1n) is 12.9. The first kappa shape index (κ1) is 26.3. The molecule has 1 amide bonds. The summed E-state index contributed by atoms with van der Waals surface area (Å²) < 4.78 is 16.9. The summed E-state index contributed by atoms with van der Waals surface area (Å²) in [4.78, 5) is 29.7. The van der Waals surface area contributed by atoms with E-state index in [0.29, 0.717) is 11.8 Å². The minimum absolute atomic E-state index is 0.00192. The first-order valence-corrected chi connectivity index (χ1v) is 14.0. The average molecular weight is 579 g/mol. The number of anilines is 1. The fraction of sp³-hybridized carbons (Fsp3) is 0.630. The van der Waals surface area contributed by atoms with Crippen molar-refractivity contribution in [1.82, 2.24) is 10.2 Å². The molecule has 6 atom stereocenters. The van der Waals surface area contributed by atoms with Gasteiger partial charge in [0.15, 0.2) is 0 Å². The summed E-state index contributed by atoms with van der Waals surface area (Å²) in [5.41, 5.74) is -0.596. The molecule has 5 rings (SSSR count). The molecule has 1 aliphatic carbocycles. The molecule has 3 heterocycles. The molecule has 1 spiro atoms. The summed E-state index contributed by atoms with van der Waals surface area (Å²) >= 11 is 3.26. The second-order valence-electron chi connectivity index (χ2n) is 10.6. The number of carbonyl (C=O) groups is 2. The smallest absolute Gasteiger partial charge is 0.407 e. The highest BCUT2D eigenvalue weighted by molar-refractivity contribution is 9.09. The number of rotatable bonds is 7. The molecule has 0 aromatic heterocycles. The normalized spacial score (nSPS) is 35.4. The lowest BCUT2D eigenvalue weighted by molar-refractivity contribution is -0.217. The van der Waals surface area contributed by atoms with Gasteiger partial charge in [0.2, 0.25) is 0 Å². The Balaban J connectivity index is 1.72. The molecule has 202 valence electrons. The van der Waals surface area contributed by atoms with Crippen LogP contribution in [0, 0.1) is 5.41 Å². The zero-order valence-corrected chi connectivity index (χ0v) is 23.4. The molecule has 1 aromatic carbocycles. The van der Waals surface area contributed by atoms with Gasteiger partial charge in [-0.25, -0.2) is 4.79 Å². The second kappa shape index (κ2) is 9.47. The summed E-state index contributed by atoms with van der Waals surface area (Å²) in [5, 5.41) is 16.2. The third kappa shape index (κ3) is 3.62. The molecule has 1 saturated carbocycles. The van der Waals surface area contributed by atoms with Crippen molar-refractivity contribution in [3.05, 3.63) is 35.9 Å². The summed E-state index contributed by atoms with van der Waals surface area (Å²) in [7, 11) is 3.61. The fourth-order valence-electron chi connectivity index (χ4n) is 8.04. The van der Waals surface area contributed by atoms with Crippen LogP contribution in [0.25, 0.3) is 0 Å². The van der Waals surface area contributed by atoms with E-state index in [1.807, 2.05) is 19.2 Å². The first-order chi connectivity index (χ1) is 17.7. The number of nitrogens with zero attached hydrogens (tertiary/aromatic N) is 2. The van der Waals surface area contributed by atoms with E-state index in [2.05, 4.69) is 56.2 Å². The van der Waals surface area contributed by atoms with Crippen molar-refractivity contribution in [3.8, 4) is 5.75 Å². The maximum absolute atomic E-state index is 12.9. The third-order valence-corrected chi connectivity index (χ3v) is 9.37. The number of alkyl halides is 1. The van der Waals surface area contributed by atoms with Gasteiger partial charge in [-0.1, -0.05) is 41.1 Å². The van der Waals surface area contributed by atoms with Gasteiger partial charge < -0.3 is 29.5 Å². The Labute approximate surface area is 226 Å². The molecule has 9 nitrogen and oxygen atoms in total. The van der Waals surface area contributed by atoms with Crippen molar-refractivity contribution in [2.24, 2.45) is 5.41 Å². The van der Waals surface area contributed by atoms with Gasteiger partial charge in [-0.3, -0.25) is 9.69 Å². The molecule has 1 unspecified atom stereocenters. The van der Waals surface area contributed by atoms with E-state index >= 15 is 0 Å². The van der Waals surface area contributed by atoms with Crippen LogP contribution in [0.5, 0.6) is 5.75 Å². The van der Waals surface area contributed by atoms with Crippen LogP contribution in [0.15, 0.2) is 30.4 Å². The predicted octanol–water partition coefficient (Wildman–Crippen LogP) is 2.59. The molecule has 4 aliphatic rings. The van der Waals surface area contributed by atoms with Gasteiger partial charge in [0.25, 0.3) is 0 Å².